The predicted octanol–water partition coefficient (Wildman–Crippen LogP) is 2.98. The number of carbonyl (C=O) groups is 1. The fourth-order valence-electron chi connectivity index (χ4n) is 4.48. The number of aromatic nitrogens is 2. The van der Waals surface area contributed by atoms with Crippen LogP contribution in [0.1, 0.15) is 25.3 Å². The molecule has 3 heterocycles. The number of nitrogens with zero attached hydrogens (tertiary/aromatic N) is 2. The summed E-state index contributed by atoms with van der Waals surface area (Å²) >= 11 is 0. The number of aliphatic hydroxyl groups is 1. The van der Waals surface area contributed by atoms with Crippen LogP contribution in [0.3, 0.4) is 0 Å². The third-order valence-electron chi connectivity index (χ3n) is 6.71. The number of hydrogen-bond donors (Lipinski definition) is 2. The van der Waals surface area contributed by atoms with Crippen molar-refractivity contribution in [2.24, 2.45) is 5.92 Å². The Morgan fingerprint density at radius 1 is 1.24 bits per heavy atom. The maximum atomic E-state index is 14.5. The van der Waals surface area contributed by atoms with Gasteiger partial charge in [-0.25, -0.2) is 9.37 Å². The Balaban J connectivity index is 1.66. The molecule has 1 aromatic heterocycles. The summed E-state index contributed by atoms with van der Waals surface area (Å²) in [5.74, 6) is -7.22. The van der Waals surface area contributed by atoms with E-state index in [1.807, 2.05) is 0 Å². The Morgan fingerprint density at radius 2 is 1.97 bits per heavy atom. The Bertz CT molecular complexity index is 1170. The molecule has 9 nitrogen and oxygen atoms in total. The van der Waals surface area contributed by atoms with Crippen LogP contribution in [0.4, 0.5) is 27.8 Å². The number of amides is 1. The number of hydrogen-bond acceptors (Lipinski definition) is 8. The van der Waals surface area contributed by atoms with Gasteiger partial charge in [0.25, 0.3) is 5.91 Å². The summed E-state index contributed by atoms with van der Waals surface area (Å²) < 4.78 is 91.3. The van der Waals surface area contributed by atoms with Crippen molar-refractivity contribution in [3.8, 4) is 11.8 Å². The number of anilines is 1. The molecule has 0 aliphatic carbocycles. The summed E-state index contributed by atoms with van der Waals surface area (Å²) in [6.07, 6.45) is -7.12. The highest BCUT2D eigenvalue weighted by Gasteiger charge is 2.66. The van der Waals surface area contributed by atoms with E-state index in [1.54, 1.807) is 0 Å². The van der Waals surface area contributed by atoms with Crippen molar-refractivity contribution >= 4 is 11.7 Å². The minimum atomic E-state index is -4.90. The van der Waals surface area contributed by atoms with Crippen LogP contribution in [0.5, 0.6) is 11.8 Å². The van der Waals surface area contributed by atoms with Gasteiger partial charge < -0.3 is 29.4 Å². The molecule has 37 heavy (non-hydrogen) atoms. The van der Waals surface area contributed by atoms with Gasteiger partial charge in [0, 0.05) is 23.6 Å². The number of carbonyl (C=O) groups excluding carboxylic acids is 1. The second-order valence-electron chi connectivity index (χ2n) is 8.92. The highest BCUT2D eigenvalue weighted by atomic mass is 19.4. The van der Waals surface area contributed by atoms with Crippen molar-refractivity contribution in [1.29, 1.82) is 0 Å². The van der Waals surface area contributed by atoms with E-state index in [-0.39, 0.29) is 30.6 Å². The van der Waals surface area contributed by atoms with Crippen molar-refractivity contribution in [1.82, 2.24) is 9.97 Å². The lowest BCUT2D eigenvalue weighted by Crippen LogP contribution is -2.47. The van der Waals surface area contributed by atoms with Gasteiger partial charge in [0.2, 0.25) is 5.82 Å². The lowest BCUT2D eigenvalue weighted by Gasteiger charge is -2.32. The highest BCUT2D eigenvalue weighted by molar-refractivity contribution is 5.94. The minimum Gasteiger partial charge on any atom is -0.493 e. The molecule has 6 atom stereocenters. The molecular formula is C23H24F5N3O6. The van der Waals surface area contributed by atoms with Gasteiger partial charge in [-0.05, 0) is 19.1 Å². The zero-order valence-electron chi connectivity index (χ0n) is 19.9. The molecule has 0 unspecified atom stereocenters. The Morgan fingerprint density at radius 3 is 2.59 bits per heavy atom. The van der Waals surface area contributed by atoms with Crippen LogP contribution in [-0.4, -0.2) is 71.4 Å². The summed E-state index contributed by atoms with van der Waals surface area (Å²) in [4.78, 5) is 21.1. The first-order chi connectivity index (χ1) is 17.4. The average Bonchev–Trinajstić information content (AvgIpc) is 3.36. The molecule has 2 saturated heterocycles. The molecule has 0 saturated carbocycles. The molecular weight excluding hydrogens is 509 g/mol. The molecule has 4 rings (SSSR count). The molecule has 2 aromatic rings. The van der Waals surface area contributed by atoms with E-state index in [0.29, 0.717) is 0 Å². The molecule has 2 fully saturated rings. The van der Waals surface area contributed by atoms with E-state index < -0.39 is 65.2 Å². The first-order valence-electron chi connectivity index (χ1n) is 11.2. The molecule has 0 radical (unpaired) electrons. The van der Waals surface area contributed by atoms with Crippen LogP contribution in [0, 0.1) is 17.6 Å². The van der Waals surface area contributed by atoms with E-state index in [2.05, 4.69) is 15.3 Å². The van der Waals surface area contributed by atoms with Crippen LogP contribution >= 0.6 is 0 Å². The third kappa shape index (κ3) is 4.92. The molecule has 1 amide bonds. The van der Waals surface area contributed by atoms with Crippen molar-refractivity contribution in [2.45, 2.75) is 49.9 Å². The topological polar surface area (TPSA) is 112 Å². The lowest BCUT2D eigenvalue weighted by atomic mass is 9.77. The quantitative estimate of drug-likeness (QED) is 0.546. The van der Waals surface area contributed by atoms with Crippen LogP contribution in [0.25, 0.3) is 0 Å². The third-order valence-corrected chi connectivity index (χ3v) is 6.71. The number of methoxy groups -OCH3 is 1. The summed E-state index contributed by atoms with van der Waals surface area (Å²) in [6.45, 7) is 2.14. The van der Waals surface area contributed by atoms with Gasteiger partial charge in [-0.3, -0.25) is 4.79 Å². The number of ether oxygens (including phenoxy) is 4. The summed E-state index contributed by atoms with van der Waals surface area (Å²) in [5, 5.41) is 12.2. The maximum Gasteiger partial charge on any atom is 0.417 e. The van der Waals surface area contributed by atoms with Crippen molar-refractivity contribution in [3.05, 3.63) is 41.6 Å². The number of halogens is 5. The molecule has 14 heteroatoms. The fourth-order valence-corrected chi connectivity index (χ4v) is 4.48. The van der Waals surface area contributed by atoms with Gasteiger partial charge in [0.15, 0.2) is 23.3 Å². The number of nitrogens with one attached hydrogen (secondary N) is 1. The van der Waals surface area contributed by atoms with Crippen molar-refractivity contribution in [3.63, 3.8) is 0 Å². The summed E-state index contributed by atoms with van der Waals surface area (Å²) in [6, 6.07) is 2.86. The monoisotopic (exact) mass is 533 g/mol. The van der Waals surface area contributed by atoms with E-state index in [1.165, 1.54) is 19.2 Å². The van der Waals surface area contributed by atoms with Gasteiger partial charge in [-0.2, -0.15) is 22.5 Å². The predicted molar refractivity (Wildman–Crippen MR) is 116 cm³/mol. The summed E-state index contributed by atoms with van der Waals surface area (Å²) in [7, 11) is 1.04. The van der Waals surface area contributed by atoms with Gasteiger partial charge in [-0.15, -0.1) is 0 Å². The fraction of sp³-hybridized carbons (Fsp3) is 0.522. The van der Waals surface area contributed by atoms with E-state index in [9.17, 15) is 31.9 Å². The SMILES string of the molecule is COc1c([C@H]2[C@H](C(=O)Nc3ccnc(O[C@@H]4COC[C@@H]4O)n3)O[C@@](C)(C(F)(F)F)[C@H]2C)ccc(F)c1F. The summed E-state index contributed by atoms with van der Waals surface area (Å²) in [5.41, 5.74) is -2.96. The molecule has 2 N–H and O–H groups in total. The zero-order chi connectivity index (χ0) is 27.1. The Hall–Kier alpha value is -3.10. The number of benzene rings is 1. The van der Waals surface area contributed by atoms with Crippen molar-refractivity contribution in [2.75, 3.05) is 25.6 Å². The van der Waals surface area contributed by atoms with Gasteiger partial charge >= 0.3 is 12.2 Å². The standard InChI is InChI=1S/C23H24F5N3O6/c1-10-16(11-4-5-12(24)17(25)18(11)34-3)19(37-22(10,2)23(26,27)28)20(33)30-15-6-7-29-21(31-15)36-14-9-35-8-13(14)32/h4-7,10,13-14,16,19,32H,8-9H2,1-3H3,(H,29,30,31,33)/t10-,13-,14+,16-,19+,22+/m0/s1. The molecule has 1 aromatic carbocycles. The van der Waals surface area contributed by atoms with Gasteiger partial charge in [0.05, 0.1) is 20.3 Å². The number of alkyl halides is 3. The second-order valence-corrected chi connectivity index (χ2v) is 8.92. The maximum absolute atomic E-state index is 14.5. The lowest BCUT2D eigenvalue weighted by molar-refractivity contribution is -0.272. The first kappa shape index (κ1) is 26.9. The molecule has 0 spiro atoms. The highest BCUT2D eigenvalue weighted by Crippen LogP contribution is 2.55. The molecule has 2 aliphatic rings. The van der Waals surface area contributed by atoms with Crippen molar-refractivity contribution < 1.29 is 50.8 Å². The van der Waals surface area contributed by atoms with E-state index in [0.717, 1.165) is 26.2 Å². The Kier molecular flexibility index (Phi) is 7.27. The number of rotatable bonds is 6. The normalized spacial score (nSPS) is 29.8. The smallest absolute Gasteiger partial charge is 0.417 e. The van der Waals surface area contributed by atoms with Crippen LogP contribution in [0.15, 0.2) is 24.4 Å². The zero-order valence-corrected chi connectivity index (χ0v) is 19.9. The first-order valence-corrected chi connectivity index (χ1v) is 11.2. The molecule has 202 valence electrons. The minimum absolute atomic E-state index is 0.0606. The average molecular weight is 533 g/mol. The largest absolute Gasteiger partial charge is 0.493 e. The van der Waals surface area contributed by atoms with Gasteiger partial charge in [0.1, 0.15) is 18.0 Å². The van der Waals surface area contributed by atoms with E-state index in [4.69, 9.17) is 18.9 Å². The second kappa shape index (κ2) is 9.99. The molecule has 0 bridgehead atoms. The molecule has 2 aliphatic heterocycles. The van der Waals surface area contributed by atoms with Crippen LogP contribution < -0.4 is 14.8 Å². The number of aliphatic hydroxyl groups excluding tert-OH is 1. The van der Waals surface area contributed by atoms with Gasteiger partial charge in [-0.1, -0.05) is 13.0 Å². The Labute approximate surface area is 207 Å². The van der Waals surface area contributed by atoms with Crippen LogP contribution in [0.2, 0.25) is 0 Å². The van der Waals surface area contributed by atoms with E-state index >= 15 is 0 Å². The van der Waals surface area contributed by atoms with Crippen LogP contribution in [-0.2, 0) is 14.3 Å².